The number of aryl methyl sites for hydroxylation is 1. The number of halogens is 4. The van der Waals surface area contributed by atoms with Gasteiger partial charge in [0.05, 0.1) is 22.8 Å². The predicted molar refractivity (Wildman–Crippen MR) is 60.7 cm³/mol. The molecule has 1 heterocycles. The highest BCUT2D eigenvalue weighted by Gasteiger charge is 2.30. The van der Waals surface area contributed by atoms with Crippen molar-refractivity contribution in [2.45, 2.75) is 19.0 Å². The molecule has 0 amide bonds. The van der Waals surface area contributed by atoms with Crippen LogP contribution in [-0.4, -0.2) is 15.0 Å². The molecule has 0 unspecified atom stereocenters. The highest BCUT2D eigenvalue weighted by atomic mass is 35.5. The fourth-order valence-corrected chi connectivity index (χ4v) is 1.70. The van der Waals surface area contributed by atoms with Crippen molar-refractivity contribution in [3.05, 3.63) is 41.2 Å². The molecule has 0 radical (unpaired) electrons. The zero-order valence-corrected chi connectivity index (χ0v) is 10.1. The molecule has 3 nitrogen and oxygen atoms in total. The van der Waals surface area contributed by atoms with Crippen LogP contribution >= 0.6 is 11.6 Å². The van der Waals surface area contributed by atoms with E-state index in [4.69, 9.17) is 11.6 Å². The lowest BCUT2D eigenvalue weighted by atomic mass is 10.2. The zero-order valence-electron chi connectivity index (χ0n) is 9.37. The average molecular weight is 276 g/mol. The number of nitrogens with zero attached hydrogens (tertiary/aromatic N) is 3. The quantitative estimate of drug-likeness (QED) is 0.787. The van der Waals surface area contributed by atoms with Gasteiger partial charge in [-0.05, 0) is 25.1 Å². The minimum atomic E-state index is -4.38. The van der Waals surface area contributed by atoms with Crippen molar-refractivity contribution in [2.75, 3.05) is 0 Å². The smallest absolute Gasteiger partial charge is 0.166 e. The second-order valence-electron chi connectivity index (χ2n) is 3.70. The van der Waals surface area contributed by atoms with E-state index in [2.05, 4.69) is 10.2 Å². The van der Waals surface area contributed by atoms with Gasteiger partial charge >= 0.3 is 6.18 Å². The van der Waals surface area contributed by atoms with Crippen LogP contribution in [0.25, 0.3) is 5.69 Å². The number of hydrogen-bond acceptors (Lipinski definition) is 2. The summed E-state index contributed by atoms with van der Waals surface area (Å²) < 4.78 is 37.7. The molecule has 0 saturated carbocycles. The summed E-state index contributed by atoms with van der Waals surface area (Å²) in [7, 11) is 0. The lowest BCUT2D eigenvalue weighted by molar-refractivity contribution is -0.137. The van der Waals surface area contributed by atoms with E-state index in [1.54, 1.807) is 6.92 Å². The molecule has 0 aliphatic rings. The fourth-order valence-electron chi connectivity index (χ4n) is 1.45. The Bertz CT molecular complexity index is 563. The topological polar surface area (TPSA) is 30.7 Å². The van der Waals surface area contributed by atoms with E-state index in [-0.39, 0.29) is 11.6 Å². The van der Waals surface area contributed by atoms with Crippen molar-refractivity contribution in [3.63, 3.8) is 0 Å². The van der Waals surface area contributed by atoms with E-state index in [9.17, 15) is 13.2 Å². The van der Waals surface area contributed by atoms with Crippen molar-refractivity contribution in [2.24, 2.45) is 0 Å². The summed E-state index contributed by atoms with van der Waals surface area (Å²) in [4.78, 5) is 1.16. The molecule has 18 heavy (non-hydrogen) atoms. The van der Waals surface area contributed by atoms with Crippen LogP contribution in [0.15, 0.2) is 24.3 Å². The molecular formula is C11H9ClF3N3. The average Bonchev–Trinajstić information content (AvgIpc) is 2.70. The number of benzene rings is 1. The Morgan fingerprint density at radius 1 is 1.28 bits per heavy atom. The second-order valence-corrected chi connectivity index (χ2v) is 3.97. The van der Waals surface area contributed by atoms with Crippen molar-refractivity contribution < 1.29 is 13.2 Å². The van der Waals surface area contributed by atoms with Gasteiger partial charge < -0.3 is 0 Å². The summed E-state index contributed by atoms with van der Waals surface area (Å²) >= 11 is 5.64. The third kappa shape index (κ3) is 2.48. The predicted octanol–water partition coefficient (Wildman–Crippen LogP) is 3.33. The first kappa shape index (κ1) is 12.9. The molecule has 0 aliphatic heterocycles. The molecule has 2 rings (SSSR count). The Morgan fingerprint density at radius 3 is 2.56 bits per heavy atom. The summed E-state index contributed by atoms with van der Waals surface area (Å²) in [6.45, 7) is 1.70. The van der Waals surface area contributed by atoms with E-state index < -0.39 is 11.7 Å². The van der Waals surface area contributed by atoms with Gasteiger partial charge in [0.1, 0.15) is 5.69 Å². The zero-order chi connectivity index (χ0) is 13.3. The summed E-state index contributed by atoms with van der Waals surface area (Å²) in [6, 6.07) is 4.82. The minimum absolute atomic E-state index is 0.171. The van der Waals surface area contributed by atoms with Gasteiger partial charge in [0.25, 0.3) is 0 Å². The van der Waals surface area contributed by atoms with Gasteiger partial charge in [-0.25, -0.2) is 0 Å². The van der Waals surface area contributed by atoms with Crippen LogP contribution in [0.4, 0.5) is 13.2 Å². The molecule has 1 aromatic carbocycles. The van der Waals surface area contributed by atoms with Gasteiger partial charge in [0.15, 0.2) is 0 Å². The SMILES string of the molecule is Cc1nn(-c2cccc(C(F)(F)F)c2)nc1CCl. The highest BCUT2D eigenvalue weighted by molar-refractivity contribution is 6.16. The lowest BCUT2D eigenvalue weighted by Crippen LogP contribution is -2.07. The molecule has 1 aromatic heterocycles. The molecule has 0 bridgehead atoms. The maximum atomic E-state index is 12.6. The van der Waals surface area contributed by atoms with Crippen molar-refractivity contribution in [1.82, 2.24) is 15.0 Å². The maximum Gasteiger partial charge on any atom is 0.416 e. The number of aromatic nitrogens is 3. The number of alkyl halides is 4. The Kier molecular flexibility index (Phi) is 3.30. The summed E-state index contributed by atoms with van der Waals surface area (Å²) in [5.74, 6) is 0.171. The first-order valence-electron chi connectivity index (χ1n) is 5.08. The molecule has 96 valence electrons. The summed E-state index contributed by atoms with van der Waals surface area (Å²) in [5, 5.41) is 8.06. The van der Waals surface area contributed by atoms with Crippen LogP contribution in [0.5, 0.6) is 0 Å². The maximum absolute atomic E-state index is 12.6. The van der Waals surface area contributed by atoms with Crippen LogP contribution < -0.4 is 0 Å². The van der Waals surface area contributed by atoms with Gasteiger partial charge in [0.2, 0.25) is 0 Å². The van der Waals surface area contributed by atoms with Gasteiger partial charge in [-0.3, -0.25) is 0 Å². The van der Waals surface area contributed by atoms with E-state index in [1.807, 2.05) is 0 Å². The van der Waals surface area contributed by atoms with Gasteiger partial charge in [0, 0.05) is 0 Å². The summed E-state index contributed by atoms with van der Waals surface area (Å²) in [5.41, 5.74) is 0.670. The third-order valence-electron chi connectivity index (χ3n) is 2.41. The van der Waals surface area contributed by atoms with Gasteiger partial charge in [-0.15, -0.1) is 11.6 Å². The van der Waals surface area contributed by atoms with Crippen LogP contribution in [0, 0.1) is 6.92 Å². The monoisotopic (exact) mass is 275 g/mol. The van der Waals surface area contributed by atoms with Crippen LogP contribution in [0.2, 0.25) is 0 Å². The summed E-state index contributed by atoms with van der Waals surface area (Å²) in [6.07, 6.45) is -4.38. The highest BCUT2D eigenvalue weighted by Crippen LogP contribution is 2.30. The molecule has 2 aromatic rings. The van der Waals surface area contributed by atoms with Crippen LogP contribution in [0.3, 0.4) is 0 Å². The van der Waals surface area contributed by atoms with E-state index in [0.717, 1.165) is 16.9 Å². The molecule has 0 spiro atoms. The molecule has 0 N–H and O–H groups in total. The first-order valence-corrected chi connectivity index (χ1v) is 5.61. The lowest BCUT2D eigenvalue weighted by Gasteiger charge is -2.07. The van der Waals surface area contributed by atoms with Crippen LogP contribution in [-0.2, 0) is 12.1 Å². The first-order chi connectivity index (χ1) is 8.41. The van der Waals surface area contributed by atoms with Crippen LogP contribution in [0.1, 0.15) is 17.0 Å². The second kappa shape index (κ2) is 4.61. The normalized spacial score (nSPS) is 11.8. The van der Waals surface area contributed by atoms with E-state index in [1.165, 1.54) is 12.1 Å². The Balaban J connectivity index is 2.44. The Hall–Kier alpha value is -1.56. The minimum Gasteiger partial charge on any atom is -0.166 e. The molecule has 0 atom stereocenters. The van der Waals surface area contributed by atoms with E-state index >= 15 is 0 Å². The number of hydrogen-bond donors (Lipinski definition) is 0. The Labute approximate surface area is 106 Å². The van der Waals surface area contributed by atoms with Crippen molar-refractivity contribution >= 4 is 11.6 Å². The molecule has 0 saturated heterocycles. The third-order valence-corrected chi connectivity index (χ3v) is 2.66. The largest absolute Gasteiger partial charge is 0.416 e. The standard InChI is InChI=1S/C11H9ClF3N3/c1-7-10(6-12)17-18(16-7)9-4-2-3-8(5-9)11(13,14)15/h2-5H,6H2,1H3. The number of rotatable bonds is 2. The van der Waals surface area contributed by atoms with E-state index in [0.29, 0.717) is 11.4 Å². The Morgan fingerprint density at radius 2 is 2.00 bits per heavy atom. The van der Waals surface area contributed by atoms with Crippen molar-refractivity contribution in [3.8, 4) is 5.69 Å². The molecule has 7 heteroatoms. The molecule has 0 aliphatic carbocycles. The molecular weight excluding hydrogens is 267 g/mol. The fraction of sp³-hybridized carbons (Fsp3) is 0.273. The van der Waals surface area contributed by atoms with Gasteiger partial charge in [-0.1, -0.05) is 6.07 Å². The molecule has 0 fully saturated rings. The van der Waals surface area contributed by atoms with Gasteiger partial charge in [-0.2, -0.15) is 28.2 Å². The van der Waals surface area contributed by atoms with Crippen molar-refractivity contribution in [1.29, 1.82) is 0 Å².